The summed E-state index contributed by atoms with van der Waals surface area (Å²) >= 11 is 0. The average molecular weight is 465 g/mol. The highest BCUT2D eigenvalue weighted by atomic mass is 16.2. The van der Waals surface area contributed by atoms with Gasteiger partial charge in [-0.2, -0.15) is 5.10 Å². The fourth-order valence-electron chi connectivity index (χ4n) is 6.71. The molecule has 1 atom stereocenters. The molecule has 4 saturated carbocycles. The van der Waals surface area contributed by atoms with Crippen molar-refractivity contribution in [3.63, 3.8) is 0 Å². The van der Waals surface area contributed by atoms with Crippen LogP contribution in [-0.2, 0) is 14.4 Å². The number of hydrogen-bond acceptors (Lipinski definition) is 5. The number of aromatic nitrogens is 3. The molecule has 1 unspecified atom stereocenters. The van der Waals surface area contributed by atoms with Crippen LogP contribution in [0.5, 0.6) is 0 Å². The third kappa shape index (κ3) is 4.98. The monoisotopic (exact) mass is 464 g/mol. The van der Waals surface area contributed by atoms with Crippen LogP contribution in [0.25, 0.3) is 0 Å². The zero-order chi connectivity index (χ0) is 23.7. The largest absolute Gasteiger partial charge is 0.347 e. The summed E-state index contributed by atoms with van der Waals surface area (Å²) in [5.41, 5.74) is 1.38. The second-order valence-electron chi connectivity index (χ2n) is 10.5. The summed E-state index contributed by atoms with van der Waals surface area (Å²) in [5.74, 6) is 1.92. The second-order valence-corrected chi connectivity index (χ2v) is 10.5. The summed E-state index contributed by atoms with van der Waals surface area (Å²) in [4.78, 5) is 41.2. The molecule has 9 nitrogen and oxygen atoms in total. The molecular weight excluding hydrogens is 432 g/mol. The first-order valence-corrected chi connectivity index (χ1v) is 12.2. The van der Waals surface area contributed by atoms with Crippen LogP contribution in [-0.4, -0.2) is 39.0 Å². The van der Waals surface area contributed by atoms with Gasteiger partial charge in [0, 0.05) is 17.8 Å². The highest BCUT2D eigenvalue weighted by Gasteiger charge is 2.51. The minimum atomic E-state index is -0.496. The highest BCUT2D eigenvalue weighted by molar-refractivity contribution is 5.96. The Morgan fingerprint density at radius 3 is 2.12 bits per heavy atom. The van der Waals surface area contributed by atoms with Crippen molar-refractivity contribution < 1.29 is 14.4 Å². The lowest BCUT2D eigenvalue weighted by Crippen LogP contribution is -2.48. The minimum Gasteiger partial charge on any atom is -0.347 e. The van der Waals surface area contributed by atoms with E-state index in [2.05, 4.69) is 26.0 Å². The summed E-state index contributed by atoms with van der Waals surface area (Å²) in [5, 5.41) is 12.4. The first-order chi connectivity index (χ1) is 16.4. The summed E-state index contributed by atoms with van der Waals surface area (Å²) < 4.78 is 1.47. The number of carbonyl (C=O) groups excluding carboxylic acids is 3. The van der Waals surface area contributed by atoms with E-state index in [1.807, 2.05) is 0 Å². The van der Waals surface area contributed by atoms with Crippen LogP contribution >= 0.6 is 0 Å². The Bertz CT molecular complexity index is 1010. The van der Waals surface area contributed by atoms with Crippen LogP contribution in [0.2, 0.25) is 0 Å². The van der Waals surface area contributed by atoms with Gasteiger partial charge in [0.15, 0.2) is 0 Å². The molecule has 2 aromatic rings. The third-order valence-corrected chi connectivity index (χ3v) is 7.80. The van der Waals surface area contributed by atoms with Gasteiger partial charge in [-0.05, 0) is 92.9 Å². The maximum Gasteiger partial charge on any atom is 0.249 e. The zero-order valence-corrected chi connectivity index (χ0v) is 19.5. The van der Waals surface area contributed by atoms with Gasteiger partial charge in [-0.3, -0.25) is 14.4 Å². The summed E-state index contributed by atoms with van der Waals surface area (Å²) in [6.07, 6.45) is 11.0. The molecule has 1 aromatic heterocycles. The van der Waals surface area contributed by atoms with Crippen molar-refractivity contribution in [3.8, 4) is 0 Å². The standard InChI is InChI=1S/C25H32N6O3/c1-16(31-15-26-14-28-31)24(34)30-21-4-2-20(3-5-21)29-23(33)13-27-22(32)12-25-9-17-6-18(10-25)8-19(7-17)11-25/h2-5,14-19H,6-13H2,1H3,(H,27,32)(H,29,33)(H,30,34). The Labute approximate surface area is 199 Å². The zero-order valence-electron chi connectivity index (χ0n) is 19.5. The Kier molecular flexibility index (Phi) is 6.10. The number of nitrogens with zero attached hydrogens (tertiary/aromatic N) is 3. The maximum absolute atomic E-state index is 12.6. The van der Waals surface area contributed by atoms with E-state index in [4.69, 9.17) is 0 Å². The topological polar surface area (TPSA) is 118 Å². The molecule has 34 heavy (non-hydrogen) atoms. The first kappa shape index (κ1) is 22.6. The Hall–Kier alpha value is -3.23. The van der Waals surface area contributed by atoms with Crippen LogP contribution in [0.15, 0.2) is 36.9 Å². The molecule has 0 aliphatic heterocycles. The van der Waals surface area contributed by atoms with Crippen molar-refractivity contribution in [1.82, 2.24) is 20.1 Å². The molecule has 4 aliphatic rings. The van der Waals surface area contributed by atoms with Gasteiger partial charge in [-0.1, -0.05) is 0 Å². The van der Waals surface area contributed by atoms with Crippen molar-refractivity contribution in [2.45, 2.75) is 57.9 Å². The molecule has 0 spiro atoms. The van der Waals surface area contributed by atoms with Gasteiger partial charge in [0.2, 0.25) is 17.7 Å². The van der Waals surface area contributed by atoms with E-state index in [0.29, 0.717) is 17.8 Å². The highest BCUT2D eigenvalue weighted by Crippen LogP contribution is 2.61. The molecule has 0 saturated heterocycles. The number of anilines is 2. The molecule has 1 aromatic carbocycles. The molecule has 9 heteroatoms. The van der Waals surface area contributed by atoms with E-state index in [9.17, 15) is 14.4 Å². The number of benzene rings is 1. The van der Waals surface area contributed by atoms with Crippen LogP contribution < -0.4 is 16.0 Å². The predicted molar refractivity (Wildman–Crippen MR) is 127 cm³/mol. The van der Waals surface area contributed by atoms with Crippen LogP contribution in [0, 0.1) is 23.2 Å². The van der Waals surface area contributed by atoms with Gasteiger partial charge in [-0.15, -0.1) is 0 Å². The Morgan fingerprint density at radius 1 is 0.971 bits per heavy atom. The molecule has 3 N–H and O–H groups in total. The van der Waals surface area contributed by atoms with E-state index >= 15 is 0 Å². The maximum atomic E-state index is 12.6. The van der Waals surface area contributed by atoms with Gasteiger partial charge in [0.05, 0.1) is 6.54 Å². The Balaban J connectivity index is 1.06. The SMILES string of the molecule is CC(C(=O)Nc1ccc(NC(=O)CNC(=O)CC23CC4CC(CC(C4)C2)C3)cc1)n1cncn1. The van der Waals surface area contributed by atoms with Gasteiger partial charge < -0.3 is 16.0 Å². The smallest absolute Gasteiger partial charge is 0.249 e. The number of rotatable bonds is 8. The quantitative estimate of drug-likeness (QED) is 0.555. The average Bonchev–Trinajstić information content (AvgIpc) is 3.32. The molecule has 3 amide bonds. The van der Waals surface area contributed by atoms with Gasteiger partial charge >= 0.3 is 0 Å². The van der Waals surface area contributed by atoms with Crippen LogP contribution in [0.1, 0.15) is 57.9 Å². The number of amides is 3. The number of nitrogens with one attached hydrogen (secondary N) is 3. The third-order valence-electron chi connectivity index (χ3n) is 7.80. The fourth-order valence-corrected chi connectivity index (χ4v) is 6.71. The van der Waals surface area contributed by atoms with E-state index < -0.39 is 6.04 Å². The van der Waals surface area contributed by atoms with E-state index in [1.165, 1.54) is 55.9 Å². The van der Waals surface area contributed by atoms with Gasteiger partial charge in [0.1, 0.15) is 18.7 Å². The fraction of sp³-hybridized carbons (Fsp3) is 0.560. The molecule has 180 valence electrons. The second kappa shape index (κ2) is 9.19. The van der Waals surface area contributed by atoms with Gasteiger partial charge in [0.25, 0.3) is 0 Å². The van der Waals surface area contributed by atoms with Gasteiger partial charge in [-0.25, -0.2) is 9.67 Å². The van der Waals surface area contributed by atoms with E-state index in [-0.39, 0.29) is 29.7 Å². The molecule has 6 rings (SSSR count). The lowest BCUT2D eigenvalue weighted by atomic mass is 9.49. The lowest BCUT2D eigenvalue weighted by molar-refractivity contribution is -0.131. The van der Waals surface area contributed by atoms with E-state index in [1.54, 1.807) is 31.2 Å². The van der Waals surface area contributed by atoms with Crippen molar-refractivity contribution in [3.05, 3.63) is 36.9 Å². The molecule has 1 heterocycles. The predicted octanol–water partition coefficient (Wildman–Crippen LogP) is 3.14. The summed E-state index contributed by atoms with van der Waals surface area (Å²) in [6, 6.07) is 6.36. The number of hydrogen-bond donors (Lipinski definition) is 3. The van der Waals surface area contributed by atoms with Crippen LogP contribution in [0.4, 0.5) is 11.4 Å². The van der Waals surface area contributed by atoms with Crippen molar-refractivity contribution in [2.24, 2.45) is 23.2 Å². The summed E-state index contributed by atoms with van der Waals surface area (Å²) in [6.45, 7) is 1.69. The lowest BCUT2D eigenvalue weighted by Gasteiger charge is -2.56. The number of carbonyl (C=O) groups is 3. The molecule has 4 fully saturated rings. The first-order valence-electron chi connectivity index (χ1n) is 12.2. The normalized spacial score (nSPS) is 27.7. The molecule has 4 aliphatic carbocycles. The molecule has 4 bridgehead atoms. The Morgan fingerprint density at radius 2 is 1.56 bits per heavy atom. The minimum absolute atomic E-state index is 0.0170. The van der Waals surface area contributed by atoms with E-state index in [0.717, 1.165) is 17.8 Å². The molecular formula is C25H32N6O3. The van der Waals surface area contributed by atoms with Crippen LogP contribution in [0.3, 0.4) is 0 Å². The van der Waals surface area contributed by atoms with Crippen molar-refractivity contribution in [1.29, 1.82) is 0 Å². The van der Waals surface area contributed by atoms with Crippen molar-refractivity contribution in [2.75, 3.05) is 17.2 Å². The van der Waals surface area contributed by atoms with Crippen molar-refractivity contribution >= 4 is 29.1 Å². The molecule has 0 radical (unpaired) electrons. The summed E-state index contributed by atoms with van der Waals surface area (Å²) in [7, 11) is 0.